The maximum atomic E-state index is 14.4. The van der Waals surface area contributed by atoms with E-state index in [0.29, 0.717) is 58.2 Å². The number of ether oxygens (including phenoxy) is 3. The van der Waals surface area contributed by atoms with Gasteiger partial charge in [0.1, 0.15) is 29.8 Å². The molecule has 16 heteroatoms. The molecule has 3 N–H and O–H groups in total. The van der Waals surface area contributed by atoms with Crippen LogP contribution in [0.15, 0.2) is 36.4 Å². The first-order valence-corrected chi connectivity index (χ1v) is 20.0. The van der Waals surface area contributed by atoms with Gasteiger partial charge in [0.25, 0.3) is 5.91 Å². The second-order valence-electron chi connectivity index (χ2n) is 14.8. The zero-order chi connectivity index (χ0) is 36.5. The molecule has 6 aliphatic rings. The number of allylic oxidation sites excluding steroid dienone is 1. The van der Waals surface area contributed by atoms with Gasteiger partial charge in [-0.2, -0.15) is 0 Å². The van der Waals surface area contributed by atoms with Crippen LogP contribution < -0.4 is 15.4 Å². The van der Waals surface area contributed by atoms with Gasteiger partial charge in [0.05, 0.1) is 25.0 Å². The van der Waals surface area contributed by atoms with E-state index in [2.05, 4.69) is 15.4 Å². The minimum absolute atomic E-state index is 0.0527. The predicted molar refractivity (Wildman–Crippen MR) is 185 cm³/mol. The van der Waals surface area contributed by atoms with Crippen LogP contribution in [-0.4, -0.2) is 110 Å². The van der Waals surface area contributed by atoms with E-state index < -0.39 is 80.9 Å². The normalized spacial score (nSPS) is 31.4. The fourth-order valence-corrected chi connectivity index (χ4v) is 9.01. The monoisotopic (exact) mass is 741 g/mol. The van der Waals surface area contributed by atoms with E-state index in [0.717, 1.165) is 24.0 Å². The number of rotatable bonds is 6. The first kappa shape index (κ1) is 36.2. The largest absolute Gasteiger partial charge is 0.444 e. The fourth-order valence-electron chi connectivity index (χ4n) is 7.65. The second kappa shape index (κ2) is 15.0. The molecule has 5 amide bonds. The van der Waals surface area contributed by atoms with E-state index >= 15 is 0 Å². The van der Waals surface area contributed by atoms with Crippen molar-refractivity contribution in [3.05, 3.63) is 47.5 Å². The molecular formula is C36H47N5O10S. The number of amides is 5. The van der Waals surface area contributed by atoms with Crippen molar-refractivity contribution in [1.29, 1.82) is 0 Å². The number of benzene rings is 1. The number of carbonyl (C=O) groups excluding carboxylic acids is 5. The van der Waals surface area contributed by atoms with Gasteiger partial charge in [0.15, 0.2) is 0 Å². The molecule has 0 aromatic heterocycles. The Morgan fingerprint density at radius 1 is 0.981 bits per heavy atom. The zero-order valence-corrected chi connectivity index (χ0v) is 29.9. The van der Waals surface area contributed by atoms with E-state index in [4.69, 9.17) is 14.2 Å². The summed E-state index contributed by atoms with van der Waals surface area (Å²) in [5.41, 5.74) is 0.657. The molecule has 15 nitrogen and oxygen atoms in total. The zero-order valence-electron chi connectivity index (χ0n) is 29.1. The van der Waals surface area contributed by atoms with Crippen LogP contribution in [-0.2, 0) is 51.6 Å². The highest BCUT2D eigenvalue weighted by Crippen LogP contribution is 2.46. The summed E-state index contributed by atoms with van der Waals surface area (Å²) >= 11 is 0. The Morgan fingerprint density at radius 2 is 1.79 bits per heavy atom. The van der Waals surface area contributed by atoms with E-state index in [1.54, 1.807) is 4.90 Å². The highest BCUT2D eigenvalue weighted by atomic mass is 32.2. The minimum atomic E-state index is -3.90. The topological polar surface area (TPSA) is 190 Å². The average molecular weight is 742 g/mol. The predicted octanol–water partition coefficient (Wildman–Crippen LogP) is 2.04. The van der Waals surface area contributed by atoms with Crippen molar-refractivity contribution >= 4 is 39.9 Å². The van der Waals surface area contributed by atoms with Crippen molar-refractivity contribution < 1.29 is 46.6 Å². The van der Waals surface area contributed by atoms with E-state index in [-0.39, 0.29) is 32.4 Å². The maximum Gasteiger partial charge on any atom is 0.410 e. The SMILES string of the molecule is O=C(N[C@H]1CCCCC/C=C\[C@@H]2C[C@@]2(C(=O)NS(=O)(=O)C2CC2)NC(=O)[C@@H]2C[C@@H](OC(=O)N3CCc4ccccc4C3)CN2C1=O)O[C@@H]1CCOC1. The molecule has 0 radical (unpaired) electrons. The number of hydrogen-bond acceptors (Lipinski definition) is 10. The van der Waals surface area contributed by atoms with Crippen molar-refractivity contribution in [3.63, 3.8) is 0 Å². The minimum Gasteiger partial charge on any atom is -0.444 e. The first-order chi connectivity index (χ1) is 25.0. The van der Waals surface area contributed by atoms with Crippen molar-refractivity contribution in [3.8, 4) is 0 Å². The van der Waals surface area contributed by atoms with Crippen molar-refractivity contribution in [2.24, 2.45) is 5.92 Å². The van der Waals surface area contributed by atoms with E-state index in [1.807, 2.05) is 36.4 Å². The summed E-state index contributed by atoms with van der Waals surface area (Å²) in [6.45, 7) is 1.43. The highest BCUT2D eigenvalue weighted by Gasteiger charge is 2.62. The van der Waals surface area contributed by atoms with Crippen LogP contribution in [0.25, 0.3) is 0 Å². The summed E-state index contributed by atoms with van der Waals surface area (Å²) < 4.78 is 44.5. The molecule has 282 valence electrons. The molecule has 2 saturated carbocycles. The van der Waals surface area contributed by atoms with Crippen molar-refractivity contribution in [1.82, 2.24) is 25.2 Å². The van der Waals surface area contributed by atoms with Gasteiger partial charge in [0.2, 0.25) is 21.8 Å². The highest BCUT2D eigenvalue weighted by molar-refractivity contribution is 7.91. The lowest BCUT2D eigenvalue weighted by Crippen LogP contribution is -2.58. The smallest absolute Gasteiger partial charge is 0.410 e. The van der Waals surface area contributed by atoms with Gasteiger partial charge < -0.3 is 34.6 Å². The third-order valence-electron chi connectivity index (χ3n) is 11.0. The second-order valence-corrected chi connectivity index (χ2v) is 16.7. The van der Waals surface area contributed by atoms with Crippen LogP contribution in [0.3, 0.4) is 0 Å². The molecule has 4 heterocycles. The number of carbonyl (C=O) groups is 5. The van der Waals surface area contributed by atoms with Crippen LogP contribution >= 0.6 is 0 Å². The summed E-state index contributed by atoms with van der Waals surface area (Å²) in [6.07, 6.45) is 6.52. The molecule has 7 rings (SSSR count). The van der Waals surface area contributed by atoms with Crippen LogP contribution in [0, 0.1) is 5.92 Å². The van der Waals surface area contributed by atoms with Gasteiger partial charge >= 0.3 is 12.2 Å². The molecule has 1 aromatic rings. The Hall–Kier alpha value is -4.18. The molecular weight excluding hydrogens is 694 g/mol. The van der Waals surface area contributed by atoms with Crippen molar-refractivity contribution in [2.75, 3.05) is 26.3 Å². The van der Waals surface area contributed by atoms with Gasteiger partial charge in [-0.15, -0.1) is 0 Å². The lowest BCUT2D eigenvalue weighted by molar-refractivity contribution is -0.141. The molecule has 2 aliphatic carbocycles. The van der Waals surface area contributed by atoms with Crippen LogP contribution in [0.5, 0.6) is 0 Å². The lowest BCUT2D eigenvalue weighted by Gasteiger charge is -2.30. The third kappa shape index (κ3) is 8.07. The van der Waals surface area contributed by atoms with Gasteiger partial charge in [-0.3, -0.25) is 19.1 Å². The number of nitrogens with one attached hydrogen (secondary N) is 3. The first-order valence-electron chi connectivity index (χ1n) is 18.4. The van der Waals surface area contributed by atoms with Gasteiger partial charge in [-0.1, -0.05) is 49.3 Å². The molecule has 6 atom stereocenters. The number of sulfonamides is 1. The van der Waals surface area contributed by atoms with Crippen LogP contribution in [0.4, 0.5) is 9.59 Å². The summed E-state index contributed by atoms with van der Waals surface area (Å²) in [6, 6.07) is 5.66. The third-order valence-corrected chi connectivity index (χ3v) is 12.8. The van der Waals surface area contributed by atoms with Gasteiger partial charge in [-0.25, -0.2) is 18.0 Å². The van der Waals surface area contributed by atoms with Crippen LogP contribution in [0.2, 0.25) is 0 Å². The van der Waals surface area contributed by atoms with Crippen LogP contribution in [0.1, 0.15) is 75.3 Å². The molecule has 0 unspecified atom stereocenters. The molecule has 0 spiro atoms. The summed E-state index contributed by atoms with van der Waals surface area (Å²) in [5, 5.41) is 4.91. The standard InChI is InChI=1S/C36H47N5O10S/c42-31-30-18-27(51-35(46)40-16-14-23-8-6-7-9-24(23)20-40)21-41(30)32(43)29(37-34(45)50-26-15-17-49-22-26)11-5-3-1-2-4-10-25-19-36(25,38-31)33(44)39-52(47,48)28-12-13-28/h4,6-10,25-30H,1-3,5,11-22H2,(H,37,45)(H,38,42)(H,39,44)/b10-4-/t25-,26-,27-,29+,30+,36-/m1/s1. The Labute approximate surface area is 303 Å². The molecule has 0 bridgehead atoms. The Morgan fingerprint density at radius 3 is 2.56 bits per heavy atom. The molecule has 52 heavy (non-hydrogen) atoms. The number of hydrogen-bond donors (Lipinski definition) is 3. The maximum absolute atomic E-state index is 14.4. The summed E-state index contributed by atoms with van der Waals surface area (Å²) in [4.78, 5) is 71.5. The number of alkyl carbamates (subject to hydrolysis) is 1. The summed E-state index contributed by atoms with van der Waals surface area (Å²) in [5.74, 6) is -2.47. The van der Waals surface area contributed by atoms with Gasteiger partial charge in [0, 0.05) is 31.8 Å². The quantitative estimate of drug-likeness (QED) is 0.364. The van der Waals surface area contributed by atoms with E-state index in [9.17, 15) is 32.4 Å². The molecule has 1 aromatic carbocycles. The Bertz CT molecular complexity index is 1710. The van der Waals surface area contributed by atoms with E-state index in [1.165, 1.54) is 4.90 Å². The lowest BCUT2D eigenvalue weighted by atomic mass is 10.0. The van der Waals surface area contributed by atoms with Crippen molar-refractivity contribution in [2.45, 2.75) is 112 Å². The number of fused-ring (bicyclic) bond motifs is 3. The summed E-state index contributed by atoms with van der Waals surface area (Å²) in [7, 11) is -3.90. The molecule has 2 saturated heterocycles. The fraction of sp³-hybridized carbons (Fsp3) is 0.639. The molecule has 4 aliphatic heterocycles. The Balaban J connectivity index is 1.12. The number of nitrogens with zero attached hydrogens (tertiary/aromatic N) is 2. The molecule has 4 fully saturated rings. The average Bonchev–Trinajstić information content (AvgIpc) is 4.00. The Kier molecular flexibility index (Phi) is 10.5. The van der Waals surface area contributed by atoms with Gasteiger partial charge in [-0.05, 0) is 56.1 Å².